The molecule has 0 spiro atoms. The molecule has 0 aliphatic rings. The van der Waals surface area contributed by atoms with Crippen LogP contribution in [0, 0.1) is 11.7 Å². The number of carbonyl (C=O) groups is 1. The summed E-state index contributed by atoms with van der Waals surface area (Å²) in [5.74, 6) is -0.453. The van der Waals surface area contributed by atoms with Crippen LogP contribution in [0.3, 0.4) is 0 Å². The van der Waals surface area contributed by atoms with Crippen molar-refractivity contribution < 1.29 is 13.9 Å². The van der Waals surface area contributed by atoms with Crippen LogP contribution in [-0.4, -0.2) is 26.1 Å². The average molecular weight is 282 g/mol. The number of amides is 1. The van der Waals surface area contributed by atoms with Gasteiger partial charge in [0.2, 0.25) is 0 Å². The van der Waals surface area contributed by atoms with Crippen molar-refractivity contribution in [1.82, 2.24) is 5.32 Å². The third-order valence-corrected chi connectivity index (χ3v) is 3.25. The number of benzene rings is 1. The summed E-state index contributed by atoms with van der Waals surface area (Å²) >= 11 is 0. The summed E-state index contributed by atoms with van der Waals surface area (Å²) in [5, 5.41) is 2.77. The summed E-state index contributed by atoms with van der Waals surface area (Å²) in [6, 6.07) is 4.33. The lowest BCUT2D eigenvalue weighted by molar-refractivity contribution is 0.0938. The van der Waals surface area contributed by atoms with Crippen LogP contribution in [-0.2, 0) is 0 Å². The van der Waals surface area contributed by atoms with Gasteiger partial charge in [0, 0.05) is 6.54 Å². The highest BCUT2D eigenvalue weighted by Gasteiger charge is 2.18. The van der Waals surface area contributed by atoms with E-state index in [-0.39, 0.29) is 11.3 Å². The molecule has 5 heteroatoms. The fourth-order valence-corrected chi connectivity index (χ4v) is 2.21. The van der Waals surface area contributed by atoms with Gasteiger partial charge >= 0.3 is 0 Å². The highest BCUT2D eigenvalue weighted by molar-refractivity contribution is 5.97. The molecule has 20 heavy (non-hydrogen) atoms. The Hall–Kier alpha value is -1.62. The molecule has 0 aliphatic carbocycles. The van der Waals surface area contributed by atoms with Crippen molar-refractivity contribution in [3.63, 3.8) is 0 Å². The lowest BCUT2D eigenvalue weighted by atomic mass is 9.99. The third kappa shape index (κ3) is 4.49. The second kappa shape index (κ2) is 8.53. The summed E-state index contributed by atoms with van der Waals surface area (Å²) in [6.45, 7) is 3.18. The first kappa shape index (κ1) is 16.4. The predicted molar refractivity (Wildman–Crippen MR) is 77.4 cm³/mol. The second-order valence-corrected chi connectivity index (χ2v) is 4.76. The summed E-state index contributed by atoms with van der Waals surface area (Å²) in [6.07, 6.45) is 2.87. The van der Waals surface area contributed by atoms with E-state index in [4.69, 9.17) is 10.5 Å². The van der Waals surface area contributed by atoms with Gasteiger partial charge in [0.25, 0.3) is 5.91 Å². The standard InChI is InChI=1S/C15H23FN2O2/c1-3-5-11(8-9-17)10-18-15(19)14-12(16)6-4-7-13(14)20-2/h4,6-7,11H,3,5,8-10,17H2,1-2H3,(H,18,19). The molecule has 112 valence electrons. The maximum atomic E-state index is 13.7. The normalized spacial score (nSPS) is 12.0. The molecule has 1 aromatic carbocycles. The molecular weight excluding hydrogens is 259 g/mol. The van der Waals surface area contributed by atoms with Crippen molar-refractivity contribution in [2.75, 3.05) is 20.2 Å². The largest absolute Gasteiger partial charge is 0.496 e. The Balaban J connectivity index is 2.71. The number of carbonyl (C=O) groups excluding carboxylic acids is 1. The van der Waals surface area contributed by atoms with Gasteiger partial charge in [-0.25, -0.2) is 4.39 Å². The molecule has 1 rings (SSSR count). The van der Waals surface area contributed by atoms with Gasteiger partial charge in [0.15, 0.2) is 0 Å². The Bertz CT molecular complexity index is 432. The molecule has 4 nitrogen and oxygen atoms in total. The highest BCUT2D eigenvalue weighted by Crippen LogP contribution is 2.21. The lowest BCUT2D eigenvalue weighted by Crippen LogP contribution is -2.31. The fourth-order valence-electron chi connectivity index (χ4n) is 2.21. The quantitative estimate of drug-likeness (QED) is 0.769. The lowest BCUT2D eigenvalue weighted by Gasteiger charge is -2.16. The second-order valence-electron chi connectivity index (χ2n) is 4.76. The van der Waals surface area contributed by atoms with Crippen molar-refractivity contribution >= 4 is 5.91 Å². The molecule has 1 unspecified atom stereocenters. The van der Waals surface area contributed by atoms with Crippen LogP contribution in [0.2, 0.25) is 0 Å². The van der Waals surface area contributed by atoms with E-state index in [1.54, 1.807) is 6.07 Å². The van der Waals surface area contributed by atoms with E-state index in [9.17, 15) is 9.18 Å². The average Bonchev–Trinajstić information content (AvgIpc) is 2.44. The molecule has 0 saturated heterocycles. The van der Waals surface area contributed by atoms with Crippen LogP contribution < -0.4 is 15.8 Å². The van der Waals surface area contributed by atoms with Crippen LogP contribution >= 0.6 is 0 Å². The van der Waals surface area contributed by atoms with Crippen LogP contribution in [0.15, 0.2) is 18.2 Å². The number of methoxy groups -OCH3 is 1. The Kier molecular flexibility index (Phi) is 7.01. The smallest absolute Gasteiger partial charge is 0.258 e. The van der Waals surface area contributed by atoms with Crippen molar-refractivity contribution in [2.24, 2.45) is 11.7 Å². The number of rotatable bonds is 8. The van der Waals surface area contributed by atoms with Crippen LogP contribution in [0.1, 0.15) is 36.5 Å². The van der Waals surface area contributed by atoms with E-state index in [0.29, 0.717) is 19.0 Å². The third-order valence-electron chi connectivity index (χ3n) is 3.25. The van der Waals surface area contributed by atoms with E-state index < -0.39 is 11.7 Å². The monoisotopic (exact) mass is 282 g/mol. The SMILES string of the molecule is CCCC(CCN)CNC(=O)c1c(F)cccc1OC. The molecule has 0 fully saturated rings. The number of hydrogen-bond acceptors (Lipinski definition) is 3. The number of nitrogens with two attached hydrogens (primary N) is 1. The molecule has 0 heterocycles. The van der Waals surface area contributed by atoms with Crippen molar-refractivity contribution in [3.05, 3.63) is 29.6 Å². The zero-order valence-corrected chi connectivity index (χ0v) is 12.1. The first-order chi connectivity index (χ1) is 9.63. The minimum Gasteiger partial charge on any atom is -0.496 e. The zero-order chi connectivity index (χ0) is 15.0. The molecule has 0 radical (unpaired) electrons. The number of hydrogen-bond donors (Lipinski definition) is 2. The molecule has 1 aromatic rings. The zero-order valence-electron chi connectivity index (χ0n) is 12.1. The molecule has 0 bridgehead atoms. The maximum absolute atomic E-state index is 13.7. The van der Waals surface area contributed by atoms with Gasteiger partial charge < -0.3 is 15.8 Å². The van der Waals surface area contributed by atoms with E-state index in [1.807, 2.05) is 0 Å². The van der Waals surface area contributed by atoms with Gasteiger partial charge in [-0.1, -0.05) is 19.4 Å². The van der Waals surface area contributed by atoms with Gasteiger partial charge in [-0.15, -0.1) is 0 Å². The van der Waals surface area contributed by atoms with Gasteiger partial charge in [0.05, 0.1) is 7.11 Å². The molecule has 0 aliphatic heterocycles. The summed E-state index contributed by atoms with van der Waals surface area (Å²) in [4.78, 5) is 12.1. The van der Waals surface area contributed by atoms with Crippen molar-refractivity contribution in [2.45, 2.75) is 26.2 Å². The van der Waals surface area contributed by atoms with Gasteiger partial charge in [-0.05, 0) is 37.4 Å². The summed E-state index contributed by atoms with van der Waals surface area (Å²) in [7, 11) is 1.42. The maximum Gasteiger partial charge on any atom is 0.258 e. The first-order valence-corrected chi connectivity index (χ1v) is 6.94. The van der Waals surface area contributed by atoms with Gasteiger partial charge in [-0.2, -0.15) is 0 Å². The highest BCUT2D eigenvalue weighted by atomic mass is 19.1. The molecule has 1 atom stereocenters. The Morgan fingerprint density at radius 3 is 2.80 bits per heavy atom. The van der Waals surface area contributed by atoms with Crippen LogP contribution in [0.25, 0.3) is 0 Å². The fraction of sp³-hybridized carbons (Fsp3) is 0.533. The van der Waals surface area contributed by atoms with Gasteiger partial charge in [0.1, 0.15) is 17.1 Å². The predicted octanol–water partition coefficient (Wildman–Crippen LogP) is 2.33. The Labute approximate surface area is 119 Å². The molecule has 3 N–H and O–H groups in total. The van der Waals surface area contributed by atoms with Gasteiger partial charge in [-0.3, -0.25) is 4.79 Å². The van der Waals surface area contributed by atoms with Crippen LogP contribution in [0.4, 0.5) is 4.39 Å². The topological polar surface area (TPSA) is 64.3 Å². The molecular formula is C15H23FN2O2. The Morgan fingerprint density at radius 2 is 2.20 bits per heavy atom. The van der Waals surface area contributed by atoms with E-state index >= 15 is 0 Å². The first-order valence-electron chi connectivity index (χ1n) is 6.94. The molecule has 0 aromatic heterocycles. The summed E-state index contributed by atoms with van der Waals surface area (Å²) < 4.78 is 18.8. The van der Waals surface area contributed by atoms with E-state index in [0.717, 1.165) is 19.3 Å². The minimum atomic E-state index is -0.576. The van der Waals surface area contributed by atoms with Crippen molar-refractivity contribution in [3.8, 4) is 5.75 Å². The Morgan fingerprint density at radius 1 is 1.45 bits per heavy atom. The number of nitrogens with one attached hydrogen (secondary N) is 1. The van der Waals surface area contributed by atoms with E-state index in [1.165, 1.54) is 19.2 Å². The molecule has 1 amide bonds. The minimum absolute atomic E-state index is 0.0435. The van der Waals surface area contributed by atoms with Crippen molar-refractivity contribution in [1.29, 1.82) is 0 Å². The number of halogens is 1. The van der Waals surface area contributed by atoms with E-state index in [2.05, 4.69) is 12.2 Å². The molecule has 0 saturated carbocycles. The summed E-state index contributed by atoms with van der Waals surface area (Å²) in [5.41, 5.74) is 5.51. The number of ether oxygens (including phenoxy) is 1. The van der Waals surface area contributed by atoms with Crippen LogP contribution in [0.5, 0.6) is 5.75 Å².